The largest absolute Gasteiger partial charge is 0.419 e. The summed E-state index contributed by atoms with van der Waals surface area (Å²) in [5, 5.41) is 0. The van der Waals surface area contributed by atoms with E-state index in [1.165, 1.54) is 0 Å². The lowest BCUT2D eigenvalue weighted by Crippen LogP contribution is -2.16. The molecule has 0 aliphatic rings. The van der Waals surface area contributed by atoms with Crippen molar-refractivity contribution in [2.24, 2.45) is 0 Å². The third-order valence-electron chi connectivity index (χ3n) is 5.22. The minimum absolute atomic E-state index is 0.230. The Morgan fingerprint density at radius 1 is 0.742 bits per heavy atom. The number of hydrogen-bond donors (Lipinski definition) is 0. The fourth-order valence-electron chi connectivity index (χ4n) is 3.57. The van der Waals surface area contributed by atoms with Gasteiger partial charge < -0.3 is 9.47 Å². The van der Waals surface area contributed by atoms with Gasteiger partial charge in [-0.25, -0.2) is 9.59 Å². The lowest BCUT2D eigenvalue weighted by atomic mass is 9.91. The second-order valence-corrected chi connectivity index (χ2v) is 7.63. The molecule has 0 bridgehead atoms. The summed E-state index contributed by atoms with van der Waals surface area (Å²) in [4.78, 5) is 25.8. The summed E-state index contributed by atoms with van der Waals surface area (Å²) in [6, 6.07) is 19.7. The molecule has 31 heavy (non-hydrogen) atoms. The lowest BCUT2D eigenvalue weighted by molar-refractivity contribution is 0.0679. The maximum atomic E-state index is 12.9. The van der Waals surface area contributed by atoms with Crippen LogP contribution in [0.5, 0.6) is 11.5 Å². The van der Waals surface area contributed by atoms with Gasteiger partial charge in [-0.15, -0.1) is 0 Å². The van der Waals surface area contributed by atoms with Crippen molar-refractivity contribution in [1.29, 1.82) is 0 Å². The zero-order valence-electron chi connectivity index (χ0n) is 18.5. The van der Waals surface area contributed by atoms with E-state index in [0.29, 0.717) is 35.5 Å². The third-order valence-corrected chi connectivity index (χ3v) is 5.22. The van der Waals surface area contributed by atoms with Crippen LogP contribution < -0.4 is 9.47 Å². The zero-order chi connectivity index (χ0) is 22.4. The quantitative estimate of drug-likeness (QED) is 0.331. The van der Waals surface area contributed by atoms with Crippen molar-refractivity contribution in [2.75, 3.05) is 0 Å². The predicted octanol–water partition coefficient (Wildman–Crippen LogP) is 6.37. The number of carbonyl (C=O) groups excluding carboxylic acids is 2. The molecule has 4 heteroatoms. The molecule has 0 aromatic heterocycles. The molecule has 3 aromatic rings. The molecule has 0 saturated carbocycles. The lowest BCUT2D eigenvalue weighted by Gasteiger charge is -2.22. The molecule has 0 aliphatic heterocycles. The van der Waals surface area contributed by atoms with Gasteiger partial charge in [-0.05, 0) is 54.2 Å². The minimum Gasteiger partial charge on any atom is -0.419 e. The summed E-state index contributed by atoms with van der Waals surface area (Å²) in [6.07, 6.45) is 1.28. The number of esters is 2. The van der Waals surface area contributed by atoms with Crippen molar-refractivity contribution < 1.29 is 19.1 Å². The summed E-state index contributed by atoms with van der Waals surface area (Å²) >= 11 is 0. The summed E-state index contributed by atoms with van der Waals surface area (Å²) in [5.41, 5.74) is 3.69. The van der Waals surface area contributed by atoms with Gasteiger partial charge in [0.15, 0.2) is 11.5 Å². The van der Waals surface area contributed by atoms with Gasteiger partial charge in [0.1, 0.15) is 0 Å². The highest BCUT2D eigenvalue weighted by Crippen LogP contribution is 2.41. The second kappa shape index (κ2) is 10.1. The predicted molar refractivity (Wildman–Crippen MR) is 122 cm³/mol. The molecule has 0 fully saturated rings. The first-order chi connectivity index (χ1) is 15.0. The summed E-state index contributed by atoms with van der Waals surface area (Å²) < 4.78 is 11.8. The van der Waals surface area contributed by atoms with Crippen LogP contribution in [-0.2, 0) is 12.8 Å². The molecule has 160 valence electrons. The average Bonchev–Trinajstić information content (AvgIpc) is 2.80. The first-order valence-electron chi connectivity index (χ1n) is 10.7. The number of ether oxygens (including phenoxy) is 2. The maximum Gasteiger partial charge on any atom is 0.343 e. The molecule has 3 aromatic carbocycles. The number of hydrogen-bond acceptors (Lipinski definition) is 4. The van der Waals surface area contributed by atoms with Crippen molar-refractivity contribution in [1.82, 2.24) is 0 Å². The molecule has 0 radical (unpaired) electrons. The van der Waals surface area contributed by atoms with E-state index >= 15 is 0 Å². The minimum atomic E-state index is -0.480. The molecule has 4 nitrogen and oxygen atoms in total. The SMILES string of the molecule is CCc1cc(C(C)C)c(CC)c(OC(=O)c2ccccc2)c1OC(=O)c1ccccc1. The average molecular weight is 417 g/mol. The summed E-state index contributed by atoms with van der Waals surface area (Å²) in [7, 11) is 0. The maximum absolute atomic E-state index is 12.9. The van der Waals surface area contributed by atoms with Crippen LogP contribution in [0.15, 0.2) is 66.7 Å². The van der Waals surface area contributed by atoms with Gasteiger partial charge in [0.25, 0.3) is 0 Å². The van der Waals surface area contributed by atoms with Gasteiger partial charge in [0.2, 0.25) is 0 Å². The molecule has 0 heterocycles. The van der Waals surface area contributed by atoms with Gasteiger partial charge in [-0.2, -0.15) is 0 Å². The zero-order valence-corrected chi connectivity index (χ0v) is 18.5. The number of carbonyl (C=O) groups is 2. The highest BCUT2D eigenvalue weighted by molar-refractivity contribution is 5.93. The highest BCUT2D eigenvalue weighted by Gasteiger charge is 2.25. The van der Waals surface area contributed by atoms with Crippen LogP contribution >= 0.6 is 0 Å². The van der Waals surface area contributed by atoms with Crippen molar-refractivity contribution in [3.63, 3.8) is 0 Å². The third kappa shape index (κ3) is 5.02. The molecule has 3 rings (SSSR count). The first kappa shape index (κ1) is 22.3. The van der Waals surface area contributed by atoms with E-state index in [4.69, 9.17) is 9.47 Å². The fourth-order valence-corrected chi connectivity index (χ4v) is 3.57. The molecule has 0 saturated heterocycles. The molecule has 0 amide bonds. The number of aryl methyl sites for hydroxylation is 1. The van der Waals surface area contributed by atoms with E-state index in [9.17, 15) is 9.59 Å². The number of benzene rings is 3. The van der Waals surface area contributed by atoms with E-state index in [-0.39, 0.29) is 5.92 Å². The van der Waals surface area contributed by atoms with Gasteiger partial charge in [0.05, 0.1) is 11.1 Å². The Balaban J connectivity index is 2.12. The van der Waals surface area contributed by atoms with Crippen LogP contribution in [0.1, 0.15) is 71.0 Å². The van der Waals surface area contributed by atoms with Crippen LogP contribution in [0, 0.1) is 0 Å². The Morgan fingerprint density at radius 3 is 1.65 bits per heavy atom. The van der Waals surface area contributed by atoms with Crippen LogP contribution in [0.4, 0.5) is 0 Å². The Labute approximate surface area is 183 Å². The Morgan fingerprint density at radius 2 is 1.23 bits per heavy atom. The smallest absolute Gasteiger partial charge is 0.343 e. The molecular formula is C27H28O4. The second-order valence-electron chi connectivity index (χ2n) is 7.63. The van der Waals surface area contributed by atoms with Crippen LogP contribution in [0.2, 0.25) is 0 Å². The normalized spacial score (nSPS) is 10.7. The van der Waals surface area contributed by atoms with E-state index in [1.54, 1.807) is 48.5 Å². The topological polar surface area (TPSA) is 52.6 Å². The Hall–Kier alpha value is -3.40. The van der Waals surface area contributed by atoms with Gasteiger partial charge >= 0.3 is 11.9 Å². The van der Waals surface area contributed by atoms with E-state index in [1.807, 2.05) is 26.0 Å². The Bertz CT molecular complexity index is 1050. The molecule has 0 atom stereocenters. The monoisotopic (exact) mass is 416 g/mol. The highest BCUT2D eigenvalue weighted by atomic mass is 16.6. The van der Waals surface area contributed by atoms with Gasteiger partial charge in [-0.1, -0.05) is 70.2 Å². The Kier molecular flexibility index (Phi) is 7.24. The summed E-state index contributed by atoms with van der Waals surface area (Å²) in [5.74, 6) is -0.0687. The molecular weight excluding hydrogens is 388 g/mol. The fraction of sp³-hybridized carbons (Fsp3) is 0.259. The standard InChI is InChI=1S/C27H28O4/c1-5-19-17-23(18(3)4)22(6-2)25(31-27(29)21-15-11-8-12-16-21)24(19)30-26(28)20-13-9-7-10-14-20/h7-18H,5-6H2,1-4H3. The van der Waals surface area contributed by atoms with Crippen molar-refractivity contribution in [2.45, 2.75) is 46.5 Å². The molecule has 0 N–H and O–H groups in total. The van der Waals surface area contributed by atoms with E-state index < -0.39 is 11.9 Å². The molecule has 0 spiro atoms. The van der Waals surface area contributed by atoms with Crippen molar-refractivity contribution >= 4 is 11.9 Å². The molecule has 0 unspecified atom stereocenters. The molecule has 0 aliphatic carbocycles. The van der Waals surface area contributed by atoms with Crippen LogP contribution in [0.3, 0.4) is 0 Å². The van der Waals surface area contributed by atoms with E-state index in [2.05, 4.69) is 19.9 Å². The van der Waals surface area contributed by atoms with E-state index in [0.717, 1.165) is 16.7 Å². The van der Waals surface area contributed by atoms with Crippen molar-refractivity contribution in [3.8, 4) is 11.5 Å². The first-order valence-corrected chi connectivity index (χ1v) is 10.7. The van der Waals surface area contributed by atoms with Crippen molar-refractivity contribution in [3.05, 3.63) is 94.5 Å². The van der Waals surface area contributed by atoms with Gasteiger partial charge in [0, 0.05) is 5.56 Å². The van der Waals surface area contributed by atoms with Crippen LogP contribution in [-0.4, -0.2) is 11.9 Å². The van der Waals surface area contributed by atoms with Crippen LogP contribution in [0.25, 0.3) is 0 Å². The summed E-state index contributed by atoms with van der Waals surface area (Å²) in [6.45, 7) is 8.21. The number of rotatable bonds is 7. The van der Waals surface area contributed by atoms with Gasteiger partial charge in [-0.3, -0.25) is 0 Å².